The quantitative estimate of drug-likeness (QED) is 0.839. The lowest BCUT2D eigenvalue weighted by atomic mass is 10.1. The van der Waals surface area contributed by atoms with Gasteiger partial charge in [-0.3, -0.25) is 0 Å². The van der Waals surface area contributed by atoms with Gasteiger partial charge in [0.15, 0.2) is 0 Å². The van der Waals surface area contributed by atoms with Crippen molar-refractivity contribution in [3.63, 3.8) is 0 Å². The van der Waals surface area contributed by atoms with Gasteiger partial charge in [0.1, 0.15) is 12.4 Å². The molecule has 0 bridgehead atoms. The van der Waals surface area contributed by atoms with Gasteiger partial charge in [-0.2, -0.15) is 0 Å². The monoisotopic (exact) mass is 353 g/mol. The van der Waals surface area contributed by atoms with E-state index in [1.54, 1.807) is 0 Å². The zero-order chi connectivity index (χ0) is 14.5. The zero-order valence-electron chi connectivity index (χ0n) is 11.5. The zero-order valence-corrected chi connectivity index (χ0v) is 13.9. The third-order valence-electron chi connectivity index (χ3n) is 3.00. The Kier molecular flexibility index (Phi) is 5.46. The molecule has 4 heteroatoms. The summed E-state index contributed by atoms with van der Waals surface area (Å²) in [6, 6.07) is 12.0. The van der Waals surface area contributed by atoms with E-state index in [2.05, 4.69) is 21.2 Å². The molecule has 0 amide bonds. The first-order valence-electron chi connectivity index (χ1n) is 6.41. The average Bonchev–Trinajstić information content (AvgIpc) is 2.40. The second-order valence-corrected chi connectivity index (χ2v) is 5.90. The van der Waals surface area contributed by atoms with Crippen LogP contribution in [0.5, 0.6) is 5.75 Å². The minimum atomic E-state index is 0.457. The van der Waals surface area contributed by atoms with E-state index in [4.69, 9.17) is 16.3 Å². The van der Waals surface area contributed by atoms with Crippen LogP contribution in [0.4, 0.5) is 0 Å². The molecule has 2 rings (SSSR count). The highest BCUT2D eigenvalue weighted by molar-refractivity contribution is 9.10. The van der Waals surface area contributed by atoms with Gasteiger partial charge in [0.2, 0.25) is 0 Å². The third-order valence-corrected chi connectivity index (χ3v) is 3.97. The number of rotatable bonds is 5. The van der Waals surface area contributed by atoms with Gasteiger partial charge in [0.25, 0.3) is 0 Å². The minimum absolute atomic E-state index is 0.457. The van der Waals surface area contributed by atoms with Crippen molar-refractivity contribution < 1.29 is 4.74 Å². The molecular weight excluding hydrogens is 338 g/mol. The van der Waals surface area contributed by atoms with Crippen LogP contribution >= 0.6 is 27.5 Å². The molecule has 1 N–H and O–H groups in total. The summed E-state index contributed by atoms with van der Waals surface area (Å²) in [5.74, 6) is 0.860. The van der Waals surface area contributed by atoms with Crippen LogP contribution in [-0.2, 0) is 13.2 Å². The Morgan fingerprint density at radius 3 is 2.70 bits per heavy atom. The molecule has 106 valence electrons. The number of benzene rings is 2. The maximum absolute atomic E-state index is 6.23. The van der Waals surface area contributed by atoms with E-state index in [1.165, 1.54) is 0 Å². The molecule has 0 spiro atoms. The summed E-state index contributed by atoms with van der Waals surface area (Å²) in [4.78, 5) is 0. The van der Waals surface area contributed by atoms with Crippen molar-refractivity contribution in [3.05, 3.63) is 62.6 Å². The van der Waals surface area contributed by atoms with Crippen LogP contribution in [0.15, 0.2) is 40.9 Å². The molecule has 20 heavy (non-hydrogen) atoms. The molecule has 2 aromatic rings. The van der Waals surface area contributed by atoms with Gasteiger partial charge in [-0.05, 0) is 47.6 Å². The smallest absolute Gasteiger partial charge is 0.138 e. The van der Waals surface area contributed by atoms with Crippen LogP contribution in [-0.4, -0.2) is 7.05 Å². The number of hydrogen-bond donors (Lipinski definition) is 1. The summed E-state index contributed by atoms with van der Waals surface area (Å²) >= 11 is 9.77. The SMILES string of the molecule is CNCc1cccc(Br)c1OCc1ccc(C)cc1Cl. The van der Waals surface area contributed by atoms with Crippen molar-refractivity contribution in [3.8, 4) is 5.75 Å². The Bertz CT molecular complexity index is 601. The van der Waals surface area contributed by atoms with E-state index in [0.29, 0.717) is 6.61 Å². The van der Waals surface area contributed by atoms with Gasteiger partial charge in [0, 0.05) is 22.7 Å². The Balaban J connectivity index is 2.18. The molecule has 0 aliphatic carbocycles. The Morgan fingerprint density at radius 2 is 2.00 bits per heavy atom. The molecule has 0 aliphatic rings. The first-order chi connectivity index (χ1) is 9.61. The van der Waals surface area contributed by atoms with Crippen LogP contribution in [0.2, 0.25) is 5.02 Å². The van der Waals surface area contributed by atoms with Crippen LogP contribution in [0, 0.1) is 6.92 Å². The fourth-order valence-electron chi connectivity index (χ4n) is 1.96. The van der Waals surface area contributed by atoms with E-state index in [-0.39, 0.29) is 0 Å². The Hall–Kier alpha value is -1.03. The molecule has 2 aromatic carbocycles. The second kappa shape index (κ2) is 7.11. The molecular formula is C16H17BrClNO. The molecule has 0 fully saturated rings. The number of aryl methyl sites for hydroxylation is 1. The van der Waals surface area contributed by atoms with E-state index in [1.807, 2.05) is 50.4 Å². The third kappa shape index (κ3) is 3.75. The van der Waals surface area contributed by atoms with Crippen molar-refractivity contribution in [2.45, 2.75) is 20.1 Å². The maximum Gasteiger partial charge on any atom is 0.138 e. The van der Waals surface area contributed by atoms with E-state index >= 15 is 0 Å². The largest absolute Gasteiger partial charge is 0.487 e. The topological polar surface area (TPSA) is 21.3 Å². The summed E-state index contributed by atoms with van der Waals surface area (Å²) in [6.07, 6.45) is 0. The number of nitrogens with one attached hydrogen (secondary N) is 1. The fraction of sp³-hybridized carbons (Fsp3) is 0.250. The molecule has 0 atom stereocenters. The molecule has 0 heterocycles. The summed E-state index contributed by atoms with van der Waals surface area (Å²) in [6.45, 7) is 3.24. The lowest BCUT2D eigenvalue weighted by Gasteiger charge is -2.14. The van der Waals surface area contributed by atoms with Crippen molar-refractivity contribution in [2.24, 2.45) is 0 Å². The first kappa shape index (κ1) is 15.4. The highest BCUT2D eigenvalue weighted by atomic mass is 79.9. The van der Waals surface area contributed by atoms with Crippen LogP contribution < -0.4 is 10.1 Å². The molecule has 0 radical (unpaired) electrons. The lowest BCUT2D eigenvalue weighted by Crippen LogP contribution is -2.08. The van der Waals surface area contributed by atoms with Crippen molar-refractivity contribution >= 4 is 27.5 Å². The summed E-state index contributed by atoms with van der Waals surface area (Å²) in [7, 11) is 1.92. The maximum atomic E-state index is 6.23. The molecule has 0 saturated carbocycles. The molecule has 0 saturated heterocycles. The van der Waals surface area contributed by atoms with Crippen LogP contribution in [0.25, 0.3) is 0 Å². The molecule has 0 unspecified atom stereocenters. The molecule has 0 aromatic heterocycles. The molecule has 0 aliphatic heterocycles. The standard InChI is InChI=1S/C16H17BrClNO/c1-11-6-7-13(15(18)8-11)10-20-16-12(9-19-2)4-3-5-14(16)17/h3-8,19H,9-10H2,1-2H3. The Morgan fingerprint density at radius 1 is 1.20 bits per heavy atom. The second-order valence-electron chi connectivity index (χ2n) is 4.64. The predicted octanol–water partition coefficient (Wildman–Crippen LogP) is 4.71. The van der Waals surface area contributed by atoms with Gasteiger partial charge < -0.3 is 10.1 Å². The molecule has 2 nitrogen and oxygen atoms in total. The van der Waals surface area contributed by atoms with Gasteiger partial charge >= 0.3 is 0 Å². The van der Waals surface area contributed by atoms with Gasteiger partial charge in [0.05, 0.1) is 4.47 Å². The average molecular weight is 355 g/mol. The van der Waals surface area contributed by atoms with E-state index in [9.17, 15) is 0 Å². The number of hydrogen-bond acceptors (Lipinski definition) is 2. The number of para-hydroxylation sites is 1. The predicted molar refractivity (Wildman–Crippen MR) is 87.4 cm³/mol. The van der Waals surface area contributed by atoms with Gasteiger partial charge in [-0.1, -0.05) is 35.9 Å². The van der Waals surface area contributed by atoms with Crippen molar-refractivity contribution in [2.75, 3.05) is 7.05 Å². The van der Waals surface area contributed by atoms with E-state index in [0.717, 1.165) is 38.5 Å². The highest BCUT2D eigenvalue weighted by Crippen LogP contribution is 2.30. The highest BCUT2D eigenvalue weighted by Gasteiger charge is 2.09. The lowest BCUT2D eigenvalue weighted by molar-refractivity contribution is 0.300. The van der Waals surface area contributed by atoms with Gasteiger partial charge in [-0.25, -0.2) is 0 Å². The summed E-state index contributed by atoms with van der Waals surface area (Å²) < 4.78 is 6.91. The van der Waals surface area contributed by atoms with Crippen molar-refractivity contribution in [1.29, 1.82) is 0 Å². The number of ether oxygens (including phenoxy) is 1. The summed E-state index contributed by atoms with van der Waals surface area (Å²) in [5.41, 5.74) is 3.25. The minimum Gasteiger partial charge on any atom is -0.487 e. The van der Waals surface area contributed by atoms with Crippen LogP contribution in [0.1, 0.15) is 16.7 Å². The van der Waals surface area contributed by atoms with E-state index < -0.39 is 0 Å². The first-order valence-corrected chi connectivity index (χ1v) is 7.58. The Labute approximate surface area is 133 Å². The number of halogens is 2. The van der Waals surface area contributed by atoms with Crippen molar-refractivity contribution in [1.82, 2.24) is 5.32 Å². The fourth-order valence-corrected chi connectivity index (χ4v) is 2.78. The van der Waals surface area contributed by atoms with Crippen LogP contribution in [0.3, 0.4) is 0 Å². The normalized spacial score (nSPS) is 10.6. The summed E-state index contributed by atoms with van der Waals surface area (Å²) in [5, 5.41) is 3.88. The van der Waals surface area contributed by atoms with Gasteiger partial charge in [-0.15, -0.1) is 0 Å².